The van der Waals surface area contributed by atoms with Crippen LogP contribution in [0.1, 0.15) is 32.6 Å². The van der Waals surface area contributed by atoms with Gasteiger partial charge in [-0.3, -0.25) is 4.79 Å². The highest BCUT2D eigenvalue weighted by Gasteiger charge is 2.29. The van der Waals surface area contributed by atoms with Crippen LogP contribution in [-0.4, -0.2) is 23.2 Å². The first-order chi connectivity index (χ1) is 6.87. The van der Waals surface area contributed by atoms with E-state index < -0.39 is 31.6 Å². The molecule has 0 amide bonds. The Balaban J connectivity index is 3.68. The van der Waals surface area contributed by atoms with Crippen molar-refractivity contribution in [1.29, 1.82) is 0 Å². The van der Waals surface area contributed by atoms with Gasteiger partial charge in [-0.2, -0.15) is 0 Å². The van der Waals surface area contributed by atoms with E-state index in [0.717, 1.165) is 11.8 Å². The predicted octanol–water partition coefficient (Wildman–Crippen LogP) is 3.73. The molecule has 0 bridgehead atoms. The van der Waals surface area contributed by atoms with Crippen LogP contribution < -0.4 is 0 Å². The van der Waals surface area contributed by atoms with Crippen molar-refractivity contribution in [3.8, 4) is 0 Å². The average Bonchev–Trinajstić information content (AvgIpc) is 2.14. The zero-order chi connectivity index (χ0) is 11.9. The van der Waals surface area contributed by atoms with E-state index in [2.05, 4.69) is 0 Å². The Kier molecular flexibility index (Phi) is 6.96. The maximum Gasteiger partial charge on any atom is 0.249 e. The van der Waals surface area contributed by atoms with Crippen LogP contribution in [0.3, 0.4) is 0 Å². The minimum atomic E-state index is -3.09. The highest BCUT2D eigenvalue weighted by Crippen LogP contribution is 2.28. The minimum absolute atomic E-state index is 0.0110. The van der Waals surface area contributed by atoms with Gasteiger partial charge in [-0.25, -0.2) is 17.6 Å². The van der Waals surface area contributed by atoms with E-state index in [4.69, 9.17) is 0 Å². The Labute approximate surface area is 90.6 Å². The molecular formula is C9H14F4OS. The smallest absolute Gasteiger partial charge is 0.249 e. The normalized spacial score (nSPS) is 12.1. The summed E-state index contributed by atoms with van der Waals surface area (Å²) < 4.78 is 49.1. The summed E-state index contributed by atoms with van der Waals surface area (Å²) in [6, 6.07) is 0. The molecule has 0 unspecified atom stereocenters. The standard InChI is InChI=1S/C9H14F4OS/c1-2-8(14)15-6-5-9(12,13)4-3-7(10)11/h7H,2-6H2,1H3. The fourth-order valence-corrected chi connectivity index (χ4v) is 1.69. The van der Waals surface area contributed by atoms with Gasteiger partial charge >= 0.3 is 0 Å². The van der Waals surface area contributed by atoms with Gasteiger partial charge in [0.05, 0.1) is 0 Å². The summed E-state index contributed by atoms with van der Waals surface area (Å²) in [4.78, 5) is 10.8. The van der Waals surface area contributed by atoms with Crippen LogP contribution in [0.15, 0.2) is 0 Å². The third-order valence-corrected chi connectivity index (χ3v) is 2.77. The van der Waals surface area contributed by atoms with Gasteiger partial charge in [-0.05, 0) is 0 Å². The second-order valence-corrected chi connectivity index (χ2v) is 4.26. The van der Waals surface area contributed by atoms with Crippen LogP contribution in [0.25, 0.3) is 0 Å². The molecule has 0 aliphatic heterocycles. The molecule has 0 aromatic carbocycles. The number of carbonyl (C=O) groups excluding carboxylic acids is 1. The highest BCUT2D eigenvalue weighted by atomic mass is 32.2. The number of thioether (sulfide) groups is 1. The molecule has 1 nitrogen and oxygen atoms in total. The number of hydrogen-bond acceptors (Lipinski definition) is 2. The second kappa shape index (κ2) is 7.09. The topological polar surface area (TPSA) is 17.1 Å². The molecular weight excluding hydrogens is 232 g/mol. The van der Waals surface area contributed by atoms with E-state index in [-0.39, 0.29) is 10.9 Å². The molecule has 0 fully saturated rings. The second-order valence-electron chi connectivity index (χ2n) is 3.11. The summed E-state index contributed by atoms with van der Waals surface area (Å²) >= 11 is 0.831. The summed E-state index contributed by atoms with van der Waals surface area (Å²) in [6.45, 7) is 1.64. The molecule has 90 valence electrons. The summed E-state index contributed by atoms with van der Waals surface area (Å²) in [5.41, 5.74) is 0. The summed E-state index contributed by atoms with van der Waals surface area (Å²) in [6.07, 6.45) is -4.52. The predicted molar refractivity (Wildman–Crippen MR) is 52.6 cm³/mol. The maximum absolute atomic E-state index is 12.9. The first-order valence-corrected chi connectivity index (χ1v) is 5.67. The van der Waals surface area contributed by atoms with Gasteiger partial charge in [0.1, 0.15) is 0 Å². The Morgan fingerprint density at radius 1 is 1.33 bits per heavy atom. The van der Waals surface area contributed by atoms with Gasteiger partial charge in [-0.1, -0.05) is 18.7 Å². The Bertz CT molecular complexity index is 197. The molecule has 0 aliphatic carbocycles. The van der Waals surface area contributed by atoms with Crippen molar-refractivity contribution in [1.82, 2.24) is 0 Å². The molecule has 0 N–H and O–H groups in total. The van der Waals surface area contributed by atoms with E-state index in [1.165, 1.54) is 0 Å². The van der Waals surface area contributed by atoms with Crippen molar-refractivity contribution in [3.63, 3.8) is 0 Å². The van der Waals surface area contributed by atoms with Crippen molar-refractivity contribution >= 4 is 16.9 Å². The number of carbonyl (C=O) groups is 1. The summed E-state index contributed by atoms with van der Waals surface area (Å²) in [7, 11) is 0. The Morgan fingerprint density at radius 3 is 2.40 bits per heavy atom. The molecule has 0 saturated heterocycles. The van der Waals surface area contributed by atoms with E-state index in [0.29, 0.717) is 6.42 Å². The fourth-order valence-electron chi connectivity index (χ4n) is 0.862. The van der Waals surface area contributed by atoms with Crippen molar-refractivity contribution in [3.05, 3.63) is 0 Å². The fraction of sp³-hybridized carbons (Fsp3) is 0.889. The third-order valence-electron chi connectivity index (χ3n) is 1.75. The van der Waals surface area contributed by atoms with E-state index >= 15 is 0 Å². The van der Waals surface area contributed by atoms with Crippen LogP contribution in [0.5, 0.6) is 0 Å². The number of hydrogen-bond donors (Lipinski definition) is 0. The van der Waals surface area contributed by atoms with E-state index in [1.807, 2.05) is 0 Å². The van der Waals surface area contributed by atoms with Crippen LogP contribution >= 0.6 is 11.8 Å². The zero-order valence-electron chi connectivity index (χ0n) is 8.44. The molecule has 0 aromatic heterocycles. The minimum Gasteiger partial charge on any atom is -0.287 e. The summed E-state index contributed by atoms with van der Waals surface area (Å²) in [5, 5.41) is -0.153. The monoisotopic (exact) mass is 246 g/mol. The van der Waals surface area contributed by atoms with Crippen LogP contribution in [0.4, 0.5) is 17.6 Å². The summed E-state index contributed by atoms with van der Waals surface area (Å²) in [5.74, 6) is -3.10. The zero-order valence-corrected chi connectivity index (χ0v) is 9.26. The van der Waals surface area contributed by atoms with Crippen LogP contribution in [0.2, 0.25) is 0 Å². The van der Waals surface area contributed by atoms with Crippen molar-refractivity contribution in [2.75, 3.05) is 5.75 Å². The van der Waals surface area contributed by atoms with E-state index in [9.17, 15) is 22.4 Å². The molecule has 0 saturated carbocycles. The maximum atomic E-state index is 12.9. The van der Waals surface area contributed by atoms with Crippen LogP contribution in [-0.2, 0) is 4.79 Å². The van der Waals surface area contributed by atoms with Crippen LogP contribution in [0, 0.1) is 0 Å². The first-order valence-electron chi connectivity index (χ1n) is 4.69. The molecule has 15 heavy (non-hydrogen) atoms. The van der Waals surface area contributed by atoms with Crippen molar-refractivity contribution in [2.24, 2.45) is 0 Å². The number of alkyl halides is 4. The van der Waals surface area contributed by atoms with Crippen molar-refractivity contribution in [2.45, 2.75) is 45.0 Å². The van der Waals surface area contributed by atoms with Gasteiger partial charge in [0.2, 0.25) is 12.3 Å². The lowest BCUT2D eigenvalue weighted by Crippen LogP contribution is -2.18. The van der Waals surface area contributed by atoms with Gasteiger partial charge < -0.3 is 0 Å². The van der Waals surface area contributed by atoms with Crippen molar-refractivity contribution < 1.29 is 22.4 Å². The molecule has 0 atom stereocenters. The Morgan fingerprint density at radius 2 is 1.93 bits per heavy atom. The SMILES string of the molecule is CCC(=O)SCCC(F)(F)CCC(F)F. The van der Waals surface area contributed by atoms with Gasteiger partial charge in [0, 0.05) is 31.4 Å². The lowest BCUT2D eigenvalue weighted by atomic mass is 10.1. The molecule has 0 rings (SSSR count). The molecule has 6 heteroatoms. The number of rotatable bonds is 7. The lowest BCUT2D eigenvalue weighted by molar-refractivity contribution is -0.110. The first kappa shape index (κ1) is 14.7. The molecule has 0 aromatic rings. The highest BCUT2D eigenvalue weighted by molar-refractivity contribution is 8.13. The largest absolute Gasteiger partial charge is 0.287 e. The van der Waals surface area contributed by atoms with Gasteiger partial charge in [-0.15, -0.1) is 0 Å². The average molecular weight is 246 g/mol. The number of halogens is 4. The molecule has 0 radical (unpaired) electrons. The van der Waals surface area contributed by atoms with Gasteiger partial charge in [0.15, 0.2) is 5.12 Å². The lowest BCUT2D eigenvalue weighted by Gasteiger charge is -2.15. The molecule has 0 spiro atoms. The third kappa shape index (κ3) is 8.72. The quantitative estimate of drug-likeness (QED) is 0.637. The molecule has 0 aliphatic rings. The molecule has 0 heterocycles. The van der Waals surface area contributed by atoms with Gasteiger partial charge in [0.25, 0.3) is 0 Å². The van der Waals surface area contributed by atoms with E-state index in [1.54, 1.807) is 6.92 Å². The Hall–Kier alpha value is -0.260.